The fourth-order valence-corrected chi connectivity index (χ4v) is 3.21. The number of carbonyl (C=O) groups is 1. The van der Waals surface area contributed by atoms with Gasteiger partial charge in [0.25, 0.3) is 0 Å². The van der Waals surface area contributed by atoms with Crippen LogP contribution in [0, 0.1) is 6.92 Å². The second-order valence-electron chi connectivity index (χ2n) is 4.54. The van der Waals surface area contributed by atoms with Crippen molar-refractivity contribution in [1.29, 1.82) is 0 Å². The van der Waals surface area contributed by atoms with Crippen molar-refractivity contribution in [2.45, 2.75) is 31.6 Å². The summed E-state index contributed by atoms with van der Waals surface area (Å²) in [5, 5.41) is 9.43. The van der Waals surface area contributed by atoms with Crippen LogP contribution in [0.25, 0.3) is 0 Å². The Morgan fingerprint density at radius 1 is 1.47 bits per heavy atom. The molecule has 0 unspecified atom stereocenters. The molecule has 0 spiro atoms. The minimum absolute atomic E-state index is 0.702. The van der Waals surface area contributed by atoms with Crippen LogP contribution < -0.4 is 4.74 Å². The van der Waals surface area contributed by atoms with Crippen LogP contribution >= 0.6 is 15.9 Å². The standard InChI is InChI=1S/C13H15BrO3/c1-8-6-10(14)9(7-11(8)17-2)13(12(15)16)4-3-5-13/h6-7H,3-5H2,1-2H3,(H,15,16). The lowest BCUT2D eigenvalue weighted by atomic mass is 9.64. The SMILES string of the molecule is COc1cc(C2(C(=O)O)CCC2)c(Br)cc1C. The Morgan fingerprint density at radius 2 is 2.12 bits per heavy atom. The van der Waals surface area contributed by atoms with E-state index in [4.69, 9.17) is 4.74 Å². The molecule has 0 aromatic heterocycles. The Morgan fingerprint density at radius 3 is 2.53 bits per heavy atom. The first-order valence-corrected chi connectivity index (χ1v) is 6.38. The number of methoxy groups -OCH3 is 1. The molecule has 1 aromatic rings. The van der Waals surface area contributed by atoms with Crippen LogP contribution in [-0.2, 0) is 10.2 Å². The van der Waals surface area contributed by atoms with Crippen molar-refractivity contribution in [2.75, 3.05) is 7.11 Å². The van der Waals surface area contributed by atoms with Gasteiger partial charge in [-0.15, -0.1) is 0 Å². The van der Waals surface area contributed by atoms with Crippen molar-refractivity contribution in [2.24, 2.45) is 0 Å². The first kappa shape index (κ1) is 12.4. The highest BCUT2D eigenvalue weighted by Crippen LogP contribution is 2.48. The fourth-order valence-electron chi connectivity index (χ4n) is 2.37. The predicted molar refractivity (Wildman–Crippen MR) is 68.6 cm³/mol. The average molecular weight is 299 g/mol. The highest BCUT2D eigenvalue weighted by atomic mass is 79.9. The lowest BCUT2D eigenvalue weighted by Gasteiger charge is -2.39. The third-order valence-corrected chi connectivity index (χ3v) is 4.27. The van der Waals surface area contributed by atoms with Gasteiger partial charge in [0.05, 0.1) is 12.5 Å². The van der Waals surface area contributed by atoms with Crippen molar-refractivity contribution in [1.82, 2.24) is 0 Å². The second kappa shape index (κ2) is 4.33. The van der Waals surface area contributed by atoms with Crippen LogP contribution in [-0.4, -0.2) is 18.2 Å². The molecule has 0 heterocycles. The van der Waals surface area contributed by atoms with Gasteiger partial charge in [0, 0.05) is 4.47 Å². The number of hydrogen-bond acceptors (Lipinski definition) is 2. The largest absolute Gasteiger partial charge is 0.496 e. The molecular formula is C13H15BrO3. The van der Waals surface area contributed by atoms with E-state index in [0.29, 0.717) is 12.8 Å². The number of carboxylic acid groups (broad SMARTS) is 1. The maximum atomic E-state index is 11.5. The third-order valence-electron chi connectivity index (χ3n) is 3.62. The molecule has 2 rings (SSSR count). The van der Waals surface area contributed by atoms with Crippen molar-refractivity contribution in [3.63, 3.8) is 0 Å². The van der Waals surface area contributed by atoms with Crippen LogP contribution in [0.5, 0.6) is 5.75 Å². The molecule has 1 aromatic carbocycles. The zero-order chi connectivity index (χ0) is 12.6. The minimum Gasteiger partial charge on any atom is -0.496 e. The van der Waals surface area contributed by atoms with Gasteiger partial charge in [-0.05, 0) is 43.0 Å². The molecule has 17 heavy (non-hydrogen) atoms. The monoisotopic (exact) mass is 298 g/mol. The molecule has 0 aliphatic heterocycles. The fraction of sp³-hybridized carbons (Fsp3) is 0.462. The van der Waals surface area contributed by atoms with Gasteiger partial charge >= 0.3 is 5.97 Å². The molecule has 1 saturated carbocycles. The quantitative estimate of drug-likeness (QED) is 0.931. The van der Waals surface area contributed by atoms with Gasteiger partial charge in [-0.3, -0.25) is 4.79 Å². The van der Waals surface area contributed by atoms with E-state index >= 15 is 0 Å². The molecule has 92 valence electrons. The Bertz CT molecular complexity index is 464. The number of carboxylic acids is 1. The van der Waals surface area contributed by atoms with E-state index in [1.54, 1.807) is 7.11 Å². The van der Waals surface area contributed by atoms with Crippen LogP contribution in [0.3, 0.4) is 0 Å². The van der Waals surface area contributed by atoms with Gasteiger partial charge in [-0.1, -0.05) is 22.4 Å². The number of aliphatic carboxylic acids is 1. The van der Waals surface area contributed by atoms with E-state index in [0.717, 1.165) is 27.8 Å². The molecule has 0 atom stereocenters. The van der Waals surface area contributed by atoms with Crippen LogP contribution in [0.15, 0.2) is 16.6 Å². The Labute approximate surface area is 109 Å². The zero-order valence-electron chi connectivity index (χ0n) is 9.92. The smallest absolute Gasteiger partial charge is 0.314 e. The molecule has 0 radical (unpaired) electrons. The van der Waals surface area contributed by atoms with Crippen molar-refractivity contribution in [3.8, 4) is 5.75 Å². The van der Waals surface area contributed by atoms with E-state index in [-0.39, 0.29) is 0 Å². The summed E-state index contributed by atoms with van der Waals surface area (Å²) in [5.74, 6) is 0.00563. The van der Waals surface area contributed by atoms with Crippen LogP contribution in [0.1, 0.15) is 30.4 Å². The Kier molecular flexibility index (Phi) is 3.17. The number of halogens is 1. The van der Waals surface area contributed by atoms with Crippen molar-refractivity contribution < 1.29 is 14.6 Å². The number of benzene rings is 1. The molecule has 1 fully saturated rings. The molecule has 0 amide bonds. The minimum atomic E-state index is -0.740. The molecule has 1 aliphatic carbocycles. The summed E-state index contributed by atoms with van der Waals surface area (Å²) < 4.78 is 6.13. The summed E-state index contributed by atoms with van der Waals surface area (Å²) in [6, 6.07) is 3.78. The number of ether oxygens (including phenoxy) is 1. The second-order valence-corrected chi connectivity index (χ2v) is 5.40. The molecular weight excluding hydrogens is 284 g/mol. The summed E-state index contributed by atoms with van der Waals surface area (Å²) in [6.45, 7) is 1.95. The molecule has 4 heteroatoms. The van der Waals surface area contributed by atoms with Gasteiger partial charge in [0.2, 0.25) is 0 Å². The number of hydrogen-bond donors (Lipinski definition) is 1. The lowest BCUT2D eigenvalue weighted by molar-refractivity contribution is -0.147. The Hall–Kier alpha value is -1.03. The average Bonchev–Trinajstić information content (AvgIpc) is 2.18. The molecule has 1 N–H and O–H groups in total. The summed E-state index contributed by atoms with van der Waals surface area (Å²) >= 11 is 3.47. The highest BCUT2D eigenvalue weighted by molar-refractivity contribution is 9.10. The maximum absolute atomic E-state index is 11.5. The Balaban J connectivity index is 2.54. The summed E-state index contributed by atoms with van der Waals surface area (Å²) in [4.78, 5) is 11.5. The lowest BCUT2D eigenvalue weighted by Crippen LogP contribution is -2.42. The van der Waals surface area contributed by atoms with Gasteiger partial charge in [-0.25, -0.2) is 0 Å². The molecule has 0 saturated heterocycles. The number of rotatable bonds is 3. The summed E-state index contributed by atoms with van der Waals surface area (Å²) in [6.07, 6.45) is 2.37. The van der Waals surface area contributed by atoms with Gasteiger partial charge in [-0.2, -0.15) is 0 Å². The van der Waals surface area contributed by atoms with Gasteiger partial charge in [0.15, 0.2) is 0 Å². The summed E-state index contributed by atoms with van der Waals surface area (Å²) in [5.41, 5.74) is 1.11. The molecule has 0 bridgehead atoms. The van der Waals surface area contributed by atoms with E-state index < -0.39 is 11.4 Å². The van der Waals surface area contributed by atoms with Crippen LogP contribution in [0.4, 0.5) is 0 Å². The predicted octanol–water partition coefficient (Wildman–Crippen LogP) is 3.27. The van der Waals surface area contributed by atoms with Gasteiger partial charge < -0.3 is 9.84 Å². The number of aryl methyl sites for hydroxylation is 1. The van der Waals surface area contributed by atoms with Gasteiger partial charge in [0.1, 0.15) is 5.75 Å². The zero-order valence-corrected chi connectivity index (χ0v) is 11.5. The molecule has 3 nitrogen and oxygen atoms in total. The van der Waals surface area contributed by atoms with E-state index in [1.165, 1.54) is 0 Å². The first-order valence-electron chi connectivity index (χ1n) is 5.59. The topological polar surface area (TPSA) is 46.5 Å². The van der Waals surface area contributed by atoms with E-state index in [9.17, 15) is 9.90 Å². The maximum Gasteiger partial charge on any atom is 0.314 e. The van der Waals surface area contributed by atoms with E-state index in [2.05, 4.69) is 15.9 Å². The summed E-state index contributed by atoms with van der Waals surface area (Å²) in [7, 11) is 1.61. The van der Waals surface area contributed by atoms with Crippen molar-refractivity contribution >= 4 is 21.9 Å². The first-order chi connectivity index (χ1) is 8.01. The van der Waals surface area contributed by atoms with Crippen LogP contribution in [0.2, 0.25) is 0 Å². The normalized spacial score (nSPS) is 17.4. The van der Waals surface area contributed by atoms with E-state index in [1.807, 2.05) is 19.1 Å². The highest BCUT2D eigenvalue weighted by Gasteiger charge is 2.47. The third kappa shape index (κ3) is 1.84. The molecule has 1 aliphatic rings. The van der Waals surface area contributed by atoms with Crippen molar-refractivity contribution in [3.05, 3.63) is 27.7 Å².